The fourth-order valence-corrected chi connectivity index (χ4v) is 1.83. The lowest BCUT2D eigenvalue weighted by Gasteiger charge is -2.07. The van der Waals surface area contributed by atoms with Crippen LogP contribution in [0.1, 0.15) is 10.4 Å². The van der Waals surface area contributed by atoms with Crippen molar-refractivity contribution in [3.63, 3.8) is 0 Å². The highest BCUT2D eigenvalue weighted by Crippen LogP contribution is 2.27. The van der Waals surface area contributed by atoms with E-state index in [2.05, 4.69) is 0 Å². The van der Waals surface area contributed by atoms with Crippen molar-refractivity contribution in [2.75, 3.05) is 0 Å². The zero-order valence-corrected chi connectivity index (χ0v) is 9.50. The molecule has 0 unspecified atom stereocenters. The molecule has 1 aromatic carbocycles. The summed E-state index contributed by atoms with van der Waals surface area (Å²) in [6.07, 6.45) is 3.02. The number of carbonyl (C=O) groups excluding carboxylic acids is 1. The quantitative estimate of drug-likeness (QED) is 0.505. The molecule has 0 atom stereocenters. The van der Waals surface area contributed by atoms with Crippen LogP contribution >= 0.6 is 0 Å². The van der Waals surface area contributed by atoms with Gasteiger partial charge in [0.25, 0.3) is 0 Å². The number of fused-ring (bicyclic) bond motifs is 1. The molecule has 0 radical (unpaired) electrons. The number of para-hydroxylation sites is 1. The summed E-state index contributed by atoms with van der Waals surface area (Å²) >= 11 is 0. The van der Waals surface area contributed by atoms with E-state index in [-0.39, 0.29) is 0 Å². The molecule has 3 heteroatoms. The van der Waals surface area contributed by atoms with E-state index < -0.39 is 5.97 Å². The summed E-state index contributed by atoms with van der Waals surface area (Å²) in [6, 6.07) is 14.6. The third-order valence-electron chi connectivity index (χ3n) is 2.69. The molecule has 0 N–H and O–H groups in total. The Morgan fingerprint density at radius 3 is 2.61 bits per heavy atom. The Labute approximate surface area is 104 Å². The molecule has 88 valence electrons. The van der Waals surface area contributed by atoms with Crippen LogP contribution in [0.5, 0.6) is 5.75 Å². The lowest BCUT2D eigenvalue weighted by molar-refractivity contribution is 0.0733. The van der Waals surface area contributed by atoms with E-state index in [1.165, 1.54) is 6.26 Å². The summed E-state index contributed by atoms with van der Waals surface area (Å²) < 4.78 is 10.4. The maximum atomic E-state index is 12.0. The van der Waals surface area contributed by atoms with Gasteiger partial charge in [-0.15, -0.1) is 0 Å². The highest BCUT2D eigenvalue weighted by Gasteiger charge is 2.17. The second kappa shape index (κ2) is 4.37. The van der Waals surface area contributed by atoms with Crippen molar-refractivity contribution in [3.05, 3.63) is 66.6 Å². The van der Waals surface area contributed by atoms with Gasteiger partial charge in [-0.05, 0) is 12.1 Å². The Morgan fingerprint density at radius 1 is 0.944 bits per heavy atom. The summed E-state index contributed by atoms with van der Waals surface area (Å²) in [7, 11) is 0. The molecule has 0 amide bonds. The zero-order chi connectivity index (χ0) is 12.4. The lowest BCUT2D eigenvalue weighted by atomic mass is 10.1. The zero-order valence-electron chi connectivity index (χ0n) is 9.50. The van der Waals surface area contributed by atoms with Crippen LogP contribution in [-0.2, 0) is 0 Å². The first-order valence-corrected chi connectivity index (χ1v) is 5.57. The Balaban J connectivity index is 1.91. The summed E-state index contributed by atoms with van der Waals surface area (Å²) in [5.41, 5.74) is 2.15. The van der Waals surface area contributed by atoms with Crippen LogP contribution in [0.3, 0.4) is 0 Å². The molecule has 18 heavy (non-hydrogen) atoms. The van der Waals surface area contributed by atoms with Crippen molar-refractivity contribution in [2.24, 2.45) is 0 Å². The topological polar surface area (TPSA) is 39.4 Å². The first-order valence-electron chi connectivity index (χ1n) is 5.57. The standard InChI is InChI=1S/C15H10O3/c16-15(18-12-6-2-1-3-7-12)14-10-17-9-11-5-4-8-13(11)14/h1-10H. The molecule has 3 nitrogen and oxygen atoms in total. The smallest absolute Gasteiger partial charge is 0.347 e. The molecule has 1 aromatic rings. The summed E-state index contributed by atoms with van der Waals surface area (Å²) in [5, 5.41) is 0. The van der Waals surface area contributed by atoms with Gasteiger partial charge in [0, 0.05) is 11.1 Å². The number of rotatable bonds is 2. The molecule has 1 heterocycles. The number of benzene rings is 1. The average Bonchev–Trinajstić information content (AvgIpc) is 2.87. The molecule has 0 fully saturated rings. The summed E-state index contributed by atoms with van der Waals surface area (Å²) in [5.74, 6) is 0.104. The Hall–Kier alpha value is -2.55. The lowest BCUT2D eigenvalue weighted by Crippen LogP contribution is -2.09. The largest absolute Gasteiger partial charge is 0.471 e. The number of hydrogen-bond donors (Lipinski definition) is 0. The summed E-state index contributed by atoms with van der Waals surface area (Å²) in [6.45, 7) is 0. The highest BCUT2D eigenvalue weighted by molar-refractivity contribution is 5.98. The van der Waals surface area contributed by atoms with Gasteiger partial charge < -0.3 is 9.15 Å². The van der Waals surface area contributed by atoms with Gasteiger partial charge in [-0.25, -0.2) is 4.79 Å². The van der Waals surface area contributed by atoms with Crippen LogP contribution in [0.25, 0.3) is 11.1 Å². The maximum Gasteiger partial charge on any atom is 0.347 e. The molecule has 0 saturated carbocycles. The Bertz CT molecular complexity index is 640. The van der Waals surface area contributed by atoms with Gasteiger partial charge in [0.2, 0.25) is 0 Å². The van der Waals surface area contributed by atoms with Gasteiger partial charge in [0.1, 0.15) is 17.6 Å². The molecule has 1 aliphatic heterocycles. The van der Waals surface area contributed by atoms with Crippen LogP contribution in [0.2, 0.25) is 0 Å². The average molecular weight is 238 g/mol. The molecule has 2 aliphatic rings. The molecule has 1 aliphatic carbocycles. The second-order valence-corrected chi connectivity index (χ2v) is 3.88. The number of esters is 1. The van der Waals surface area contributed by atoms with Crippen molar-refractivity contribution in [2.45, 2.75) is 0 Å². The van der Waals surface area contributed by atoms with Crippen molar-refractivity contribution < 1.29 is 13.9 Å². The van der Waals surface area contributed by atoms with E-state index >= 15 is 0 Å². The highest BCUT2D eigenvalue weighted by atomic mass is 16.5. The summed E-state index contributed by atoms with van der Waals surface area (Å²) in [4.78, 5) is 12.0. The van der Waals surface area contributed by atoms with E-state index in [4.69, 9.17) is 9.15 Å². The van der Waals surface area contributed by atoms with Gasteiger partial charge in [0.05, 0.1) is 6.26 Å². The molecule has 0 spiro atoms. The van der Waals surface area contributed by atoms with E-state index in [9.17, 15) is 4.79 Å². The van der Waals surface area contributed by atoms with Crippen molar-refractivity contribution in [1.82, 2.24) is 0 Å². The fourth-order valence-electron chi connectivity index (χ4n) is 1.83. The molecule has 3 rings (SSSR count). The minimum absolute atomic E-state index is 0.415. The third kappa shape index (κ3) is 1.86. The van der Waals surface area contributed by atoms with Crippen molar-refractivity contribution in [1.29, 1.82) is 0 Å². The number of hydrogen-bond acceptors (Lipinski definition) is 3. The van der Waals surface area contributed by atoms with E-state index in [0.29, 0.717) is 11.3 Å². The minimum Gasteiger partial charge on any atom is -0.471 e. The molecule has 0 aromatic heterocycles. The van der Waals surface area contributed by atoms with E-state index in [0.717, 1.165) is 11.1 Å². The van der Waals surface area contributed by atoms with Gasteiger partial charge in [0.15, 0.2) is 0 Å². The van der Waals surface area contributed by atoms with Gasteiger partial charge in [-0.3, -0.25) is 0 Å². The minimum atomic E-state index is -0.415. The molecular formula is C15H10O3. The first-order chi connectivity index (χ1) is 8.84. The predicted molar refractivity (Wildman–Crippen MR) is 66.7 cm³/mol. The maximum absolute atomic E-state index is 12.0. The fraction of sp³-hybridized carbons (Fsp3) is 0. The van der Waals surface area contributed by atoms with E-state index in [1.807, 2.05) is 36.4 Å². The molecule has 0 bridgehead atoms. The first kappa shape index (κ1) is 10.6. The van der Waals surface area contributed by atoms with Gasteiger partial charge in [-0.2, -0.15) is 0 Å². The van der Waals surface area contributed by atoms with Crippen molar-refractivity contribution in [3.8, 4) is 16.9 Å². The SMILES string of the molecule is O=C(Oc1ccccc1)c1cocc2cccc1-2. The van der Waals surface area contributed by atoms with Crippen molar-refractivity contribution >= 4 is 5.97 Å². The number of ether oxygens (including phenoxy) is 1. The van der Waals surface area contributed by atoms with Crippen LogP contribution in [0.15, 0.2) is 65.5 Å². The monoisotopic (exact) mass is 238 g/mol. The van der Waals surface area contributed by atoms with Gasteiger partial charge >= 0.3 is 5.97 Å². The third-order valence-corrected chi connectivity index (χ3v) is 2.69. The van der Waals surface area contributed by atoms with E-state index in [1.54, 1.807) is 18.4 Å². The van der Waals surface area contributed by atoms with Crippen LogP contribution < -0.4 is 4.74 Å². The van der Waals surface area contributed by atoms with Crippen LogP contribution in [-0.4, -0.2) is 5.97 Å². The Morgan fingerprint density at radius 2 is 1.78 bits per heavy atom. The molecular weight excluding hydrogens is 228 g/mol. The second-order valence-electron chi connectivity index (χ2n) is 3.88. The molecule has 0 saturated heterocycles. The normalized spacial score (nSPS) is 10.4. The number of carbonyl (C=O) groups is 1. The Kier molecular flexibility index (Phi) is 2.57. The van der Waals surface area contributed by atoms with Gasteiger partial charge in [-0.1, -0.05) is 36.4 Å². The van der Waals surface area contributed by atoms with Crippen LogP contribution in [0, 0.1) is 0 Å². The predicted octanol–water partition coefficient (Wildman–Crippen LogP) is 3.60. The van der Waals surface area contributed by atoms with Crippen LogP contribution in [0.4, 0.5) is 0 Å².